The third-order valence-corrected chi connectivity index (χ3v) is 2.47. The van der Waals surface area contributed by atoms with Gasteiger partial charge in [-0.05, 0) is 18.1 Å². The first-order valence-electron chi connectivity index (χ1n) is 5.12. The molecule has 106 valence electrons. The van der Waals surface area contributed by atoms with Crippen molar-refractivity contribution < 1.29 is 22.6 Å². The SMILES string of the molecule is Cc1nonc1NC(=O)c1ncc(Cl)cc1C(F)(F)F. The molecule has 6 nitrogen and oxygen atoms in total. The lowest BCUT2D eigenvalue weighted by Gasteiger charge is -2.11. The molecule has 0 aromatic carbocycles. The van der Waals surface area contributed by atoms with Crippen LogP contribution >= 0.6 is 11.6 Å². The van der Waals surface area contributed by atoms with E-state index in [2.05, 4.69) is 25.2 Å². The molecule has 0 unspecified atom stereocenters. The second kappa shape index (κ2) is 5.08. The summed E-state index contributed by atoms with van der Waals surface area (Å²) in [6, 6.07) is 0.622. The summed E-state index contributed by atoms with van der Waals surface area (Å²) >= 11 is 5.46. The number of carbonyl (C=O) groups is 1. The Morgan fingerprint density at radius 2 is 2.10 bits per heavy atom. The Morgan fingerprint density at radius 3 is 2.65 bits per heavy atom. The molecule has 1 N–H and O–H groups in total. The number of nitrogens with zero attached hydrogens (tertiary/aromatic N) is 3. The van der Waals surface area contributed by atoms with Gasteiger partial charge in [0, 0.05) is 6.20 Å². The van der Waals surface area contributed by atoms with Crippen molar-refractivity contribution in [1.82, 2.24) is 15.3 Å². The fourth-order valence-electron chi connectivity index (χ4n) is 1.35. The Bertz CT molecular complexity index is 656. The van der Waals surface area contributed by atoms with Gasteiger partial charge in [-0.2, -0.15) is 13.2 Å². The lowest BCUT2D eigenvalue weighted by Crippen LogP contribution is -2.21. The molecule has 2 aromatic heterocycles. The number of pyridine rings is 1. The van der Waals surface area contributed by atoms with E-state index in [9.17, 15) is 18.0 Å². The smallest absolute Gasteiger partial charge is 0.301 e. The summed E-state index contributed by atoms with van der Waals surface area (Å²) in [5, 5.41) is 8.62. The van der Waals surface area contributed by atoms with E-state index in [1.54, 1.807) is 0 Å². The highest BCUT2D eigenvalue weighted by molar-refractivity contribution is 6.30. The van der Waals surface area contributed by atoms with E-state index in [-0.39, 0.29) is 16.5 Å². The quantitative estimate of drug-likeness (QED) is 0.922. The summed E-state index contributed by atoms with van der Waals surface area (Å²) in [7, 11) is 0. The fraction of sp³-hybridized carbons (Fsp3) is 0.200. The minimum atomic E-state index is -4.76. The maximum absolute atomic E-state index is 12.8. The number of halogens is 4. The second-order valence-electron chi connectivity index (χ2n) is 3.70. The predicted octanol–water partition coefficient (Wildman–Crippen LogP) is 2.70. The molecule has 0 aliphatic rings. The van der Waals surface area contributed by atoms with Gasteiger partial charge in [-0.15, -0.1) is 0 Å². The van der Waals surface area contributed by atoms with Crippen LogP contribution in [0.25, 0.3) is 0 Å². The van der Waals surface area contributed by atoms with Gasteiger partial charge in [-0.1, -0.05) is 16.8 Å². The number of anilines is 1. The lowest BCUT2D eigenvalue weighted by atomic mass is 10.1. The van der Waals surface area contributed by atoms with Gasteiger partial charge in [-0.25, -0.2) is 9.61 Å². The normalized spacial score (nSPS) is 11.4. The van der Waals surface area contributed by atoms with Crippen LogP contribution in [0.3, 0.4) is 0 Å². The number of hydrogen-bond donors (Lipinski definition) is 1. The molecule has 0 bridgehead atoms. The van der Waals surface area contributed by atoms with Crippen LogP contribution in [-0.4, -0.2) is 21.2 Å². The monoisotopic (exact) mass is 306 g/mol. The molecule has 0 fully saturated rings. The van der Waals surface area contributed by atoms with Gasteiger partial charge in [-0.3, -0.25) is 4.79 Å². The summed E-state index contributed by atoms with van der Waals surface area (Å²) in [6.07, 6.45) is -3.82. The van der Waals surface area contributed by atoms with Crippen LogP contribution in [0.1, 0.15) is 21.7 Å². The molecule has 0 radical (unpaired) electrons. The summed E-state index contributed by atoms with van der Waals surface area (Å²) in [5.74, 6) is -1.17. The molecule has 20 heavy (non-hydrogen) atoms. The number of carbonyl (C=O) groups excluding carboxylic acids is 1. The van der Waals surface area contributed by atoms with Gasteiger partial charge in [0.1, 0.15) is 11.4 Å². The molecule has 0 spiro atoms. The lowest BCUT2D eigenvalue weighted by molar-refractivity contribution is -0.138. The number of aromatic nitrogens is 3. The third kappa shape index (κ3) is 2.87. The molecule has 0 aliphatic carbocycles. The number of aryl methyl sites for hydroxylation is 1. The Morgan fingerprint density at radius 1 is 1.40 bits per heavy atom. The highest BCUT2D eigenvalue weighted by Gasteiger charge is 2.36. The van der Waals surface area contributed by atoms with Crippen molar-refractivity contribution in [2.45, 2.75) is 13.1 Å². The van der Waals surface area contributed by atoms with Crippen molar-refractivity contribution >= 4 is 23.3 Å². The van der Waals surface area contributed by atoms with Crippen LogP contribution in [0.15, 0.2) is 16.9 Å². The van der Waals surface area contributed by atoms with Gasteiger partial charge in [0.25, 0.3) is 5.91 Å². The summed E-state index contributed by atoms with van der Waals surface area (Å²) in [4.78, 5) is 15.2. The van der Waals surface area contributed by atoms with Crippen molar-refractivity contribution in [2.24, 2.45) is 0 Å². The van der Waals surface area contributed by atoms with E-state index >= 15 is 0 Å². The van der Waals surface area contributed by atoms with E-state index < -0.39 is 23.3 Å². The summed E-state index contributed by atoms with van der Waals surface area (Å²) in [5.41, 5.74) is -1.83. The van der Waals surface area contributed by atoms with Crippen molar-refractivity contribution in [1.29, 1.82) is 0 Å². The van der Waals surface area contributed by atoms with Gasteiger partial charge < -0.3 is 5.32 Å². The maximum atomic E-state index is 12.8. The second-order valence-corrected chi connectivity index (χ2v) is 4.14. The van der Waals surface area contributed by atoms with Gasteiger partial charge in [0.15, 0.2) is 0 Å². The van der Waals surface area contributed by atoms with Gasteiger partial charge >= 0.3 is 6.18 Å². The van der Waals surface area contributed by atoms with Gasteiger partial charge in [0.05, 0.1) is 10.6 Å². The molecule has 0 saturated carbocycles. The first-order chi connectivity index (χ1) is 9.29. The first kappa shape index (κ1) is 14.3. The predicted molar refractivity (Wildman–Crippen MR) is 61.2 cm³/mol. The molecule has 10 heteroatoms. The van der Waals surface area contributed by atoms with E-state index in [0.717, 1.165) is 6.20 Å². The van der Waals surface area contributed by atoms with Crippen LogP contribution in [0, 0.1) is 6.92 Å². The summed E-state index contributed by atoms with van der Waals surface area (Å²) < 4.78 is 42.8. The zero-order valence-corrected chi connectivity index (χ0v) is 10.6. The number of hydrogen-bond acceptors (Lipinski definition) is 5. The maximum Gasteiger partial charge on any atom is 0.418 e. The Labute approximate surface area is 114 Å². The van der Waals surface area contributed by atoms with Crippen molar-refractivity contribution in [3.63, 3.8) is 0 Å². The van der Waals surface area contributed by atoms with Crippen LogP contribution in [-0.2, 0) is 6.18 Å². The fourth-order valence-corrected chi connectivity index (χ4v) is 1.51. The highest BCUT2D eigenvalue weighted by atomic mass is 35.5. The van der Waals surface area contributed by atoms with Crippen LogP contribution in [0.2, 0.25) is 5.02 Å². The molecule has 2 heterocycles. The largest absolute Gasteiger partial charge is 0.418 e. The first-order valence-corrected chi connectivity index (χ1v) is 5.50. The zero-order valence-electron chi connectivity index (χ0n) is 9.82. The Balaban J connectivity index is 2.37. The molecule has 0 atom stereocenters. The number of rotatable bonds is 2. The summed E-state index contributed by atoms with van der Waals surface area (Å²) in [6.45, 7) is 1.46. The minimum Gasteiger partial charge on any atom is -0.301 e. The molecule has 2 rings (SSSR count). The van der Waals surface area contributed by atoms with E-state index in [0.29, 0.717) is 6.07 Å². The molecular formula is C10H6ClF3N4O2. The molecule has 0 aliphatic heterocycles. The Hall–Kier alpha value is -2.16. The zero-order chi connectivity index (χ0) is 14.9. The number of nitrogens with one attached hydrogen (secondary N) is 1. The van der Waals surface area contributed by atoms with Crippen molar-refractivity contribution in [3.05, 3.63) is 34.2 Å². The minimum absolute atomic E-state index is 0.0834. The molecular weight excluding hydrogens is 301 g/mol. The topological polar surface area (TPSA) is 80.9 Å². The van der Waals surface area contributed by atoms with E-state index in [1.165, 1.54) is 6.92 Å². The standard InChI is InChI=1S/C10H6ClF3N4O2/c1-4-8(18-20-17-4)16-9(19)7-6(10(12,13)14)2-5(11)3-15-7/h2-3H,1H3,(H,16,18,19). The van der Waals surface area contributed by atoms with Crippen LogP contribution in [0.4, 0.5) is 19.0 Å². The van der Waals surface area contributed by atoms with Crippen molar-refractivity contribution in [2.75, 3.05) is 5.32 Å². The van der Waals surface area contributed by atoms with E-state index in [4.69, 9.17) is 11.6 Å². The highest BCUT2D eigenvalue weighted by Crippen LogP contribution is 2.33. The average Bonchev–Trinajstić information content (AvgIpc) is 2.73. The molecule has 2 aromatic rings. The Kier molecular flexibility index (Phi) is 3.62. The number of amides is 1. The van der Waals surface area contributed by atoms with E-state index in [1.807, 2.05) is 0 Å². The number of alkyl halides is 3. The molecule has 1 amide bonds. The average molecular weight is 307 g/mol. The third-order valence-electron chi connectivity index (χ3n) is 2.26. The van der Waals surface area contributed by atoms with Crippen molar-refractivity contribution in [3.8, 4) is 0 Å². The molecule has 0 saturated heterocycles. The van der Waals surface area contributed by atoms with Gasteiger partial charge in [0.2, 0.25) is 5.82 Å². The van der Waals surface area contributed by atoms with Crippen LogP contribution < -0.4 is 5.32 Å². The van der Waals surface area contributed by atoms with Crippen LogP contribution in [0.5, 0.6) is 0 Å².